The molecule has 0 saturated carbocycles. The van der Waals surface area contributed by atoms with Gasteiger partial charge in [0.2, 0.25) is 0 Å². The van der Waals surface area contributed by atoms with E-state index in [9.17, 15) is 4.79 Å². The summed E-state index contributed by atoms with van der Waals surface area (Å²) in [7, 11) is 3.10. The Hall–Kier alpha value is -3.47. The maximum Gasteiger partial charge on any atom is 0.255 e. The predicted octanol–water partition coefficient (Wildman–Crippen LogP) is 4.57. The summed E-state index contributed by atoms with van der Waals surface area (Å²) < 4.78 is 10.4. The first-order valence-electron chi connectivity index (χ1n) is 8.61. The van der Waals surface area contributed by atoms with Gasteiger partial charge in [-0.1, -0.05) is 30.3 Å². The number of anilines is 2. The number of benzene rings is 3. The van der Waals surface area contributed by atoms with E-state index < -0.39 is 0 Å². The van der Waals surface area contributed by atoms with Gasteiger partial charge < -0.3 is 20.1 Å². The Morgan fingerprint density at radius 2 is 1.48 bits per heavy atom. The molecule has 0 radical (unpaired) electrons. The molecule has 0 heterocycles. The minimum Gasteiger partial charge on any atom is -0.493 e. The third-order valence-electron chi connectivity index (χ3n) is 4.13. The summed E-state index contributed by atoms with van der Waals surface area (Å²) >= 11 is 0. The summed E-state index contributed by atoms with van der Waals surface area (Å²) in [6.45, 7) is 0.748. The van der Waals surface area contributed by atoms with E-state index in [4.69, 9.17) is 9.47 Å². The maximum atomic E-state index is 12.5. The molecule has 3 aromatic carbocycles. The summed E-state index contributed by atoms with van der Waals surface area (Å²) in [5, 5.41) is 6.24. The second-order valence-electron chi connectivity index (χ2n) is 5.94. The number of amides is 1. The van der Waals surface area contributed by atoms with Crippen molar-refractivity contribution in [2.75, 3.05) is 24.9 Å². The van der Waals surface area contributed by atoms with Gasteiger partial charge in [0, 0.05) is 23.5 Å². The highest BCUT2D eigenvalue weighted by molar-refractivity contribution is 6.04. The summed E-state index contributed by atoms with van der Waals surface area (Å²) in [5.41, 5.74) is 3.42. The van der Waals surface area contributed by atoms with Crippen molar-refractivity contribution >= 4 is 17.3 Å². The molecule has 2 N–H and O–H groups in total. The van der Waals surface area contributed by atoms with Gasteiger partial charge >= 0.3 is 0 Å². The molecule has 3 aromatic rings. The Bertz CT molecular complexity index is 893. The molecule has 138 valence electrons. The summed E-state index contributed by atoms with van der Waals surface area (Å²) in [6.07, 6.45) is 0. The molecule has 0 aliphatic rings. The zero-order valence-electron chi connectivity index (χ0n) is 15.4. The number of carbonyl (C=O) groups excluding carboxylic acids is 1. The van der Waals surface area contributed by atoms with Crippen LogP contribution in [0.15, 0.2) is 72.8 Å². The Morgan fingerprint density at radius 3 is 2.15 bits per heavy atom. The van der Waals surface area contributed by atoms with E-state index in [1.807, 2.05) is 42.5 Å². The van der Waals surface area contributed by atoms with Crippen molar-refractivity contribution in [1.82, 2.24) is 0 Å². The minimum atomic E-state index is -0.207. The predicted molar refractivity (Wildman–Crippen MR) is 108 cm³/mol. The van der Waals surface area contributed by atoms with Crippen molar-refractivity contribution in [3.05, 3.63) is 83.9 Å². The first-order chi connectivity index (χ1) is 13.2. The molecule has 0 aliphatic heterocycles. The molecule has 27 heavy (non-hydrogen) atoms. The number of rotatable bonds is 7. The molecule has 0 bridgehead atoms. The third kappa shape index (κ3) is 4.79. The number of methoxy groups -OCH3 is 2. The molecule has 3 rings (SSSR count). The topological polar surface area (TPSA) is 59.6 Å². The molecule has 1 amide bonds. The number of hydrogen-bond acceptors (Lipinski definition) is 4. The number of ether oxygens (including phenoxy) is 2. The standard InChI is InChI=1S/C22H22N2O3/c1-26-20-13-8-17(14-21(20)27-2)22(25)24-19-11-9-18(10-12-19)23-15-16-6-4-3-5-7-16/h3-14,23H,15H2,1-2H3,(H,24,25). The Labute approximate surface area is 158 Å². The van der Waals surface area contributed by atoms with Crippen LogP contribution in [0.2, 0.25) is 0 Å². The van der Waals surface area contributed by atoms with Crippen molar-refractivity contribution < 1.29 is 14.3 Å². The number of nitrogens with one attached hydrogen (secondary N) is 2. The van der Waals surface area contributed by atoms with E-state index in [-0.39, 0.29) is 5.91 Å². The summed E-state index contributed by atoms with van der Waals surface area (Å²) in [5.74, 6) is 0.898. The van der Waals surface area contributed by atoms with E-state index in [0.29, 0.717) is 17.1 Å². The fourth-order valence-corrected chi connectivity index (χ4v) is 2.65. The Morgan fingerprint density at radius 1 is 0.815 bits per heavy atom. The van der Waals surface area contributed by atoms with Crippen LogP contribution in [-0.2, 0) is 6.54 Å². The van der Waals surface area contributed by atoms with Gasteiger partial charge in [-0.25, -0.2) is 0 Å². The lowest BCUT2D eigenvalue weighted by Gasteiger charge is -2.11. The Kier molecular flexibility index (Phi) is 5.94. The van der Waals surface area contributed by atoms with E-state index >= 15 is 0 Å². The van der Waals surface area contributed by atoms with Crippen LogP contribution in [-0.4, -0.2) is 20.1 Å². The zero-order valence-corrected chi connectivity index (χ0v) is 15.4. The molecular weight excluding hydrogens is 340 g/mol. The van der Waals surface area contributed by atoms with E-state index in [1.165, 1.54) is 5.56 Å². The smallest absolute Gasteiger partial charge is 0.255 e. The zero-order chi connectivity index (χ0) is 19.1. The highest BCUT2D eigenvalue weighted by Crippen LogP contribution is 2.28. The normalized spacial score (nSPS) is 10.1. The average molecular weight is 362 g/mol. The molecule has 0 spiro atoms. The summed E-state index contributed by atoms with van der Waals surface area (Å²) in [6, 6.07) is 22.9. The van der Waals surface area contributed by atoms with Gasteiger partial charge in [0.05, 0.1) is 14.2 Å². The SMILES string of the molecule is COc1ccc(C(=O)Nc2ccc(NCc3ccccc3)cc2)cc1OC. The van der Waals surface area contributed by atoms with Crippen LogP contribution >= 0.6 is 0 Å². The van der Waals surface area contributed by atoms with Gasteiger partial charge in [0.25, 0.3) is 5.91 Å². The van der Waals surface area contributed by atoms with Gasteiger partial charge in [-0.3, -0.25) is 4.79 Å². The molecule has 0 saturated heterocycles. The minimum absolute atomic E-state index is 0.207. The van der Waals surface area contributed by atoms with Crippen LogP contribution in [0.25, 0.3) is 0 Å². The molecule has 5 heteroatoms. The number of hydrogen-bond donors (Lipinski definition) is 2. The van der Waals surface area contributed by atoms with Crippen LogP contribution in [0.4, 0.5) is 11.4 Å². The van der Waals surface area contributed by atoms with Crippen molar-refractivity contribution in [2.45, 2.75) is 6.54 Å². The highest BCUT2D eigenvalue weighted by Gasteiger charge is 2.11. The van der Waals surface area contributed by atoms with Gasteiger partial charge in [-0.2, -0.15) is 0 Å². The molecule has 0 aliphatic carbocycles. The maximum absolute atomic E-state index is 12.5. The first kappa shape index (κ1) is 18.3. The van der Waals surface area contributed by atoms with Crippen LogP contribution in [0, 0.1) is 0 Å². The second kappa shape index (κ2) is 8.76. The van der Waals surface area contributed by atoms with Crippen LogP contribution in [0.1, 0.15) is 15.9 Å². The van der Waals surface area contributed by atoms with Gasteiger partial charge in [0.15, 0.2) is 11.5 Å². The van der Waals surface area contributed by atoms with Crippen LogP contribution in [0.3, 0.4) is 0 Å². The lowest BCUT2D eigenvalue weighted by molar-refractivity contribution is 0.102. The fraction of sp³-hybridized carbons (Fsp3) is 0.136. The third-order valence-corrected chi connectivity index (χ3v) is 4.13. The summed E-state index contributed by atoms with van der Waals surface area (Å²) in [4.78, 5) is 12.5. The van der Waals surface area contributed by atoms with Crippen LogP contribution in [0.5, 0.6) is 11.5 Å². The number of carbonyl (C=O) groups is 1. The molecule has 0 fully saturated rings. The van der Waals surface area contributed by atoms with E-state index in [1.54, 1.807) is 32.4 Å². The molecule has 0 atom stereocenters. The van der Waals surface area contributed by atoms with Gasteiger partial charge in [-0.05, 0) is 48.0 Å². The van der Waals surface area contributed by atoms with Gasteiger partial charge in [-0.15, -0.1) is 0 Å². The van der Waals surface area contributed by atoms with Crippen molar-refractivity contribution in [3.63, 3.8) is 0 Å². The quantitative estimate of drug-likeness (QED) is 0.646. The lowest BCUT2D eigenvalue weighted by atomic mass is 10.1. The molecule has 5 nitrogen and oxygen atoms in total. The Balaban J connectivity index is 1.61. The molecular formula is C22H22N2O3. The van der Waals surface area contributed by atoms with E-state index in [0.717, 1.165) is 17.9 Å². The molecule has 0 aromatic heterocycles. The average Bonchev–Trinajstić information content (AvgIpc) is 2.73. The van der Waals surface area contributed by atoms with Gasteiger partial charge in [0.1, 0.15) is 0 Å². The van der Waals surface area contributed by atoms with Crippen molar-refractivity contribution in [2.24, 2.45) is 0 Å². The first-order valence-corrected chi connectivity index (χ1v) is 8.61. The van der Waals surface area contributed by atoms with Crippen LogP contribution < -0.4 is 20.1 Å². The molecule has 0 unspecified atom stereocenters. The van der Waals surface area contributed by atoms with Crippen molar-refractivity contribution in [3.8, 4) is 11.5 Å². The largest absolute Gasteiger partial charge is 0.493 e. The second-order valence-corrected chi connectivity index (χ2v) is 5.94. The monoisotopic (exact) mass is 362 g/mol. The fourth-order valence-electron chi connectivity index (χ4n) is 2.65. The lowest BCUT2D eigenvalue weighted by Crippen LogP contribution is -2.12. The van der Waals surface area contributed by atoms with E-state index in [2.05, 4.69) is 22.8 Å². The van der Waals surface area contributed by atoms with Crippen molar-refractivity contribution in [1.29, 1.82) is 0 Å². The highest BCUT2D eigenvalue weighted by atomic mass is 16.5.